The zero-order valence-corrected chi connectivity index (χ0v) is 11.6. The number of hydrogen-bond donors (Lipinski definition) is 1. The lowest BCUT2D eigenvalue weighted by molar-refractivity contribution is -0.292. The van der Waals surface area contributed by atoms with Gasteiger partial charge in [-0.05, 0) is 19.9 Å². The molecule has 0 aliphatic rings. The number of aromatic nitrogens is 2. The summed E-state index contributed by atoms with van der Waals surface area (Å²) in [7, 11) is 0. The van der Waals surface area contributed by atoms with Crippen LogP contribution in [0.4, 0.5) is 26.3 Å². The van der Waals surface area contributed by atoms with Crippen molar-refractivity contribution in [1.82, 2.24) is 15.1 Å². The van der Waals surface area contributed by atoms with Crippen LogP contribution < -0.4 is 5.32 Å². The molecule has 122 valence electrons. The van der Waals surface area contributed by atoms with Crippen molar-refractivity contribution in [2.45, 2.75) is 45.2 Å². The van der Waals surface area contributed by atoms with Gasteiger partial charge in [0.25, 0.3) is 0 Å². The number of alkyl halides is 6. The largest absolute Gasteiger partial charge is 0.402 e. The van der Waals surface area contributed by atoms with Crippen LogP contribution in [0.2, 0.25) is 0 Å². The molecule has 0 saturated carbocycles. The van der Waals surface area contributed by atoms with Crippen molar-refractivity contribution >= 4 is 0 Å². The van der Waals surface area contributed by atoms with Gasteiger partial charge in [0.05, 0.1) is 12.2 Å². The van der Waals surface area contributed by atoms with Crippen LogP contribution in [0.1, 0.15) is 31.9 Å². The third-order valence-electron chi connectivity index (χ3n) is 2.99. The maximum Gasteiger partial charge on any atom is 0.402 e. The van der Waals surface area contributed by atoms with E-state index >= 15 is 0 Å². The van der Waals surface area contributed by atoms with E-state index < -0.39 is 24.3 Å². The van der Waals surface area contributed by atoms with Gasteiger partial charge in [0.15, 0.2) is 5.92 Å². The first kappa shape index (κ1) is 17.8. The lowest BCUT2D eigenvalue weighted by Crippen LogP contribution is -2.46. The Bertz CT molecular complexity index is 423. The first-order valence-electron chi connectivity index (χ1n) is 6.50. The smallest absolute Gasteiger partial charge is 0.309 e. The average Bonchev–Trinajstić information content (AvgIpc) is 2.79. The molecule has 0 saturated heterocycles. The molecule has 0 spiro atoms. The maximum atomic E-state index is 12.9. The van der Waals surface area contributed by atoms with Crippen molar-refractivity contribution in [3.63, 3.8) is 0 Å². The number of aryl methyl sites for hydroxylation is 1. The molecule has 3 nitrogen and oxygen atoms in total. The monoisotopic (exact) mass is 317 g/mol. The van der Waals surface area contributed by atoms with Crippen LogP contribution in [-0.2, 0) is 6.54 Å². The zero-order chi connectivity index (χ0) is 16.3. The number of nitrogens with zero attached hydrogens (tertiary/aromatic N) is 2. The van der Waals surface area contributed by atoms with E-state index in [9.17, 15) is 26.3 Å². The molecule has 1 heterocycles. The fourth-order valence-electron chi connectivity index (χ4n) is 2.00. The van der Waals surface area contributed by atoms with Crippen molar-refractivity contribution < 1.29 is 26.3 Å². The Morgan fingerprint density at radius 2 is 1.71 bits per heavy atom. The molecule has 1 unspecified atom stereocenters. The molecule has 1 N–H and O–H groups in total. The summed E-state index contributed by atoms with van der Waals surface area (Å²) in [4.78, 5) is 0. The van der Waals surface area contributed by atoms with E-state index in [1.54, 1.807) is 13.8 Å². The topological polar surface area (TPSA) is 29.9 Å². The van der Waals surface area contributed by atoms with E-state index in [2.05, 4.69) is 10.4 Å². The molecule has 9 heteroatoms. The van der Waals surface area contributed by atoms with Crippen molar-refractivity contribution in [2.75, 3.05) is 6.54 Å². The molecule has 0 aliphatic carbocycles. The standard InChI is InChI=1S/C12H17F6N3/c1-3-5-19-9(8-6-20-21(4-2)7-8)10(11(13,14)15)12(16,17)18/h6-7,9-10,19H,3-5H2,1-2H3. The Balaban J connectivity index is 3.20. The third-order valence-corrected chi connectivity index (χ3v) is 2.99. The summed E-state index contributed by atoms with van der Waals surface area (Å²) in [5, 5.41) is 6.10. The van der Waals surface area contributed by atoms with Gasteiger partial charge in [0.2, 0.25) is 0 Å². The van der Waals surface area contributed by atoms with Crippen LogP contribution in [0.15, 0.2) is 12.4 Å². The van der Waals surface area contributed by atoms with Crippen LogP contribution in [0.25, 0.3) is 0 Å². The predicted molar refractivity (Wildman–Crippen MR) is 64.5 cm³/mol. The first-order valence-corrected chi connectivity index (χ1v) is 6.50. The van der Waals surface area contributed by atoms with E-state index in [1.165, 1.54) is 10.9 Å². The second-order valence-corrected chi connectivity index (χ2v) is 4.62. The Hall–Kier alpha value is -1.25. The maximum absolute atomic E-state index is 12.9. The molecule has 0 fully saturated rings. The summed E-state index contributed by atoms with van der Waals surface area (Å²) in [5.41, 5.74) is -0.120. The summed E-state index contributed by atoms with van der Waals surface area (Å²) in [6.07, 6.45) is -8.12. The lowest BCUT2D eigenvalue weighted by Gasteiger charge is -2.30. The SMILES string of the molecule is CCCNC(c1cnn(CC)c1)C(C(F)(F)F)C(F)(F)F. The van der Waals surface area contributed by atoms with Gasteiger partial charge in [-0.2, -0.15) is 31.4 Å². The molecule has 1 rings (SSSR count). The molecule has 1 atom stereocenters. The average molecular weight is 317 g/mol. The van der Waals surface area contributed by atoms with Gasteiger partial charge in [-0.15, -0.1) is 0 Å². The number of halogens is 6. The molecule has 0 aliphatic heterocycles. The van der Waals surface area contributed by atoms with Crippen molar-refractivity contribution in [3.8, 4) is 0 Å². The lowest BCUT2D eigenvalue weighted by atomic mass is 9.93. The number of rotatable bonds is 6. The van der Waals surface area contributed by atoms with Gasteiger partial charge in [-0.3, -0.25) is 4.68 Å². The highest BCUT2D eigenvalue weighted by Crippen LogP contribution is 2.46. The Labute approximate surface area is 118 Å². The van der Waals surface area contributed by atoms with E-state index in [0.717, 1.165) is 6.20 Å². The normalized spacial score (nSPS) is 14.7. The predicted octanol–water partition coefficient (Wildman–Crippen LogP) is 3.68. The van der Waals surface area contributed by atoms with Gasteiger partial charge in [-0.1, -0.05) is 6.92 Å². The Morgan fingerprint density at radius 1 is 1.14 bits per heavy atom. The van der Waals surface area contributed by atoms with E-state index in [4.69, 9.17) is 0 Å². The van der Waals surface area contributed by atoms with Crippen LogP contribution in [0.5, 0.6) is 0 Å². The van der Waals surface area contributed by atoms with Crippen molar-refractivity contribution in [3.05, 3.63) is 18.0 Å². The zero-order valence-electron chi connectivity index (χ0n) is 11.6. The third kappa shape index (κ3) is 4.62. The first-order chi connectivity index (χ1) is 9.61. The fraction of sp³-hybridized carbons (Fsp3) is 0.750. The second kappa shape index (κ2) is 6.67. The highest BCUT2D eigenvalue weighted by molar-refractivity contribution is 5.14. The minimum Gasteiger partial charge on any atom is -0.309 e. The summed E-state index contributed by atoms with van der Waals surface area (Å²) in [5.74, 6) is -3.47. The molecule has 0 amide bonds. The van der Waals surface area contributed by atoms with Crippen molar-refractivity contribution in [2.24, 2.45) is 5.92 Å². The van der Waals surface area contributed by atoms with Gasteiger partial charge < -0.3 is 5.32 Å². The molecule has 0 aromatic carbocycles. The fourth-order valence-corrected chi connectivity index (χ4v) is 2.00. The molecule has 0 bridgehead atoms. The van der Waals surface area contributed by atoms with E-state index in [-0.39, 0.29) is 12.1 Å². The molecule has 21 heavy (non-hydrogen) atoms. The van der Waals surface area contributed by atoms with E-state index in [1.807, 2.05) is 0 Å². The van der Waals surface area contributed by atoms with Gasteiger partial charge in [0, 0.05) is 18.3 Å². The quantitative estimate of drug-likeness (QED) is 0.811. The van der Waals surface area contributed by atoms with Crippen LogP contribution in [-0.4, -0.2) is 28.7 Å². The number of nitrogens with one attached hydrogen (secondary N) is 1. The van der Waals surface area contributed by atoms with Crippen LogP contribution in [0.3, 0.4) is 0 Å². The van der Waals surface area contributed by atoms with Crippen LogP contribution >= 0.6 is 0 Å². The molecular weight excluding hydrogens is 300 g/mol. The van der Waals surface area contributed by atoms with Crippen molar-refractivity contribution in [1.29, 1.82) is 0 Å². The summed E-state index contributed by atoms with van der Waals surface area (Å²) >= 11 is 0. The molecule has 0 radical (unpaired) electrons. The molecular formula is C12H17F6N3. The van der Waals surface area contributed by atoms with Crippen LogP contribution in [0, 0.1) is 5.92 Å². The minimum absolute atomic E-state index is 0.0463. The highest BCUT2D eigenvalue weighted by Gasteiger charge is 2.60. The Kier molecular flexibility index (Phi) is 5.66. The number of hydrogen-bond acceptors (Lipinski definition) is 2. The minimum atomic E-state index is -5.39. The van der Waals surface area contributed by atoms with Gasteiger partial charge in [0.1, 0.15) is 0 Å². The summed E-state index contributed by atoms with van der Waals surface area (Å²) in [6.45, 7) is 3.76. The van der Waals surface area contributed by atoms with E-state index in [0.29, 0.717) is 13.0 Å². The van der Waals surface area contributed by atoms with Gasteiger partial charge >= 0.3 is 12.4 Å². The Morgan fingerprint density at radius 3 is 2.10 bits per heavy atom. The molecule has 1 aromatic heterocycles. The summed E-state index contributed by atoms with van der Waals surface area (Å²) < 4.78 is 78.6. The van der Waals surface area contributed by atoms with Gasteiger partial charge in [-0.25, -0.2) is 0 Å². The summed E-state index contributed by atoms with van der Waals surface area (Å²) in [6, 6.07) is -1.90. The second-order valence-electron chi connectivity index (χ2n) is 4.62. The molecule has 1 aromatic rings. The highest BCUT2D eigenvalue weighted by atomic mass is 19.4.